The van der Waals surface area contributed by atoms with Gasteiger partial charge in [-0.1, -0.05) is 431 Å². The fraction of sp³-hybridized carbons (Fsp3) is 0. The van der Waals surface area contributed by atoms with Gasteiger partial charge in [0, 0.05) is 67.6 Å². The van der Waals surface area contributed by atoms with Gasteiger partial charge in [-0.05, 0) is 276 Å². The topological polar surface area (TPSA) is 78.1 Å². The molecule has 0 unspecified atom stereocenters. The first-order valence-corrected chi connectivity index (χ1v) is 50.1. The smallest absolute Gasteiger partial charge is 0.161 e. The molecule has 0 aliphatic heterocycles. The molecule has 147 heavy (non-hydrogen) atoms. The second kappa shape index (κ2) is 35.9. The number of para-hydroxylation sites is 3. The molecule has 0 spiro atoms. The van der Waals surface area contributed by atoms with E-state index in [2.05, 4.69) is 461 Å². The van der Waals surface area contributed by atoms with E-state index in [0.717, 1.165) is 105 Å². The van der Waals surface area contributed by atoms with E-state index in [-0.39, 0.29) is 0 Å². The molecule has 0 atom stereocenters. The standard InChI is InChI=1S/C55H33NO.C49H31NO.C37H23NO/c1-3-11-36-30-42(22-17-34(36)9-1)52-46-14-5-6-15-47(46)53(43-23-18-35-10-2-4-12-37(35)31-43)50-33-41(25-26-48(50)52)39-19-20-40-32-44(24-21-38(40)29-39)54-55-49(27-28-56-54)45-13-7-8-16-51(45)57-55;1-3-11-32(12-4-1)34-19-23-36(24-20-34)46-40-16-7-8-17-41(40)47(37-25-21-35(22-26-37)33-13-5-2-6-14-33)44-31-38(27-28-42(44)46)48-49-43(29-30-50-48)39-15-9-10-18-45(39)51-49;1-3-11-24(12-4-1)34-28-16-7-8-17-29(28)35(25-13-5-2-6-14-25)32-23-26(19-20-30(32)34)36-37-31(21-22-38-36)27-15-9-10-18-33(27)39-37/h1-33H;1-31H;1-23H. The number of benzene rings is 24. The summed E-state index contributed by atoms with van der Waals surface area (Å²) in [5.74, 6) is 0. The van der Waals surface area contributed by atoms with Crippen molar-refractivity contribution in [2.75, 3.05) is 0 Å². The van der Waals surface area contributed by atoms with Crippen LogP contribution < -0.4 is 0 Å². The molecule has 0 aliphatic carbocycles. The molecule has 0 bridgehead atoms. The Bertz CT molecular complexity index is 10500. The molecular formula is C141H87N3O3. The van der Waals surface area contributed by atoms with Crippen molar-refractivity contribution in [3.05, 3.63) is 528 Å². The van der Waals surface area contributed by atoms with Crippen LogP contribution in [0.1, 0.15) is 0 Å². The first-order valence-electron chi connectivity index (χ1n) is 50.1. The van der Waals surface area contributed by atoms with Crippen molar-refractivity contribution in [3.63, 3.8) is 0 Å². The molecule has 0 fully saturated rings. The van der Waals surface area contributed by atoms with Crippen molar-refractivity contribution in [3.8, 4) is 134 Å². The monoisotopic (exact) mass is 1870 g/mol. The van der Waals surface area contributed by atoms with Crippen molar-refractivity contribution in [2.24, 2.45) is 0 Å². The van der Waals surface area contributed by atoms with Gasteiger partial charge < -0.3 is 13.3 Å². The summed E-state index contributed by atoms with van der Waals surface area (Å²) in [5, 5.41) is 28.6. The Morgan fingerprint density at radius 3 is 0.694 bits per heavy atom. The van der Waals surface area contributed by atoms with E-state index in [9.17, 15) is 0 Å². The summed E-state index contributed by atoms with van der Waals surface area (Å²) in [6.07, 6.45) is 5.66. The van der Waals surface area contributed by atoms with Gasteiger partial charge in [0.2, 0.25) is 0 Å². The Labute approximate surface area is 847 Å². The summed E-state index contributed by atoms with van der Waals surface area (Å²) in [6, 6.07) is 183. The maximum Gasteiger partial charge on any atom is 0.161 e. The molecule has 0 aliphatic rings. The summed E-state index contributed by atoms with van der Waals surface area (Å²) in [4.78, 5) is 14.5. The number of hydrogen-bond acceptors (Lipinski definition) is 6. The van der Waals surface area contributed by atoms with Crippen LogP contribution in [0.15, 0.2) is 541 Å². The summed E-state index contributed by atoms with van der Waals surface area (Å²) in [5.41, 5.74) is 32.6. The number of aromatic nitrogens is 3. The van der Waals surface area contributed by atoms with Gasteiger partial charge in [0.15, 0.2) is 16.7 Å². The Hall–Kier alpha value is -19.5. The Balaban J connectivity index is 0.000000108. The molecule has 30 aromatic rings. The van der Waals surface area contributed by atoms with Gasteiger partial charge in [-0.15, -0.1) is 0 Å². The van der Waals surface area contributed by atoms with Crippen LogP contribution in [0.3, 0.4) is 0 Å². The largest absolute Gasteiger partial charge is 0.454 e. The predicted octanol–water partition coefficient (Wildman–Crippen LogP) is 39.3. The lowest BCUT2D eigenvalue weighted by molar-refractivity contribution is 0.668. The SMILES string of the molecule is c1ccc(-c2c3ccccc3c(-c3ccccc3)c3cc(-c4nccc5c4oc4ccccc45)ccc23)cc1.c1ccc(-c2ccc(-c3c4ccccc4c(-c4ccc(-c5ccccc5)cc4)c4cc(-c5nccc6c5oc5ccccc56)ccc34)cc2)cc1.c1ccc2cc(-c3c4ccccc4c(-c4ccc5ccccc5c4)c4cc(-c5ccc6cc(-c7nccc8c7oc7ccccc78)ccc6c5)ccc34)ccc2c1. The highest BCUT2D eigenvalue weighted by Gasteiger charge is 2.26. The fourth-order valence-electron chi connectivity index (χ4n) is 22.8. The summed E-state index contributed by atoms with van der Waals surface area (Å²) >= 11 is 0. The minimum atomic E-state index is 0.810. The van der Waals surface area contributed by atoms with E-state index < -0.39 is 0 Å². The molecule has 0 saturated heterocycles. The average Bonchev–Trinajstić information content (AvgIpc) is 1.68. The van der Waals surface area contributed by atoms with Gasteiger partial charge >= 0.3 is 0 Å². The van der Waals surface area contributed by atoms with E-state index in [4.69, 9.17) is 28.2 Å². The first kappa shape index (κ1) is 85.4. The third-order valence-corrected chi connectivity index (χ3v) is 29.7. The lowest BCUT2D eigenvalue weighted by atomic mass is 9.84. The van der Waals surface area contributed by atoms with Crippen LogP contribution in [0.4, 0.5) is 0 Å². The van der Waals surface area contributed by atoms with Crippen molar-refractivity contribution in [1.29, 1.82) is 0 Å². The zero-order valence-corrected chi connectivity index (χ0v) is 79.8. The Morgan fingerprint density at radius 2 is 0.320 bits per heavy atom. The normalized spacial score (nSPS) is 11.7. The maximum absolute atomic E-state index is 6.47. The Morgan fingerprint density at radius 1 is 0.116 bits per heavy atom. The molecular weight excluding hydrogens is 1780 g/mol. The van der Waals surface area contributed by atoms with Crippen molar-refractivity contribution >= 4 is 163 Å². The molecule has 6 aromatic heterocycles. The molecule has 684 valence electrons. The van der Waals surface area contributed by atoms with E-state index in [1.54, 1.807) is 0 Å². The van der Waals surface area contributed by atoms with Crippen molar-refractivity contribution in [2.45, 2.75) is 0 Å². The van der Waals surface area contributed by atoms with Crippen molar-refractivity contribution < 1.29 is 13.3 Å². The quantitative estimate of drug-likeness (QED) is 0.113. The van der Waals surface area contributed by atoms with E-state index >= 15 is 0 Å². The van der Waals surface area contributed by atoms with Crippen LogP contribution in [0, 0.1) is 0 Å². The number of furan rings is 3. The van der Waals surface area contributed by atoms with Gasteiger partial charge in [-0.3, -0.25) is 15.0 Å². The molecule has 6 nitrogen and oxygen atoms in total. The van der Waals surface area contributed by atoms with Crippen LogP contribution in [0.25, 0.3) is 297 Å². The zero-order chi connectivity index (χ0) is 96.9. The molecule has 30 rings (SSSR count). The third kappa shape index (κ3) is 15.0. The summed E-state index contributed by atoms with van der Waals surface area (Å²) < 4.78 is 19.2. The first-order chi connectivity index (χ1) is 72.9. The molecule has 24 aromatic carbocycles. The molecule has 6 heteroatoms. The minimum absolute atomic E-state index is 0.810. The van der Waals surface area contributed by atoms with Gasteiger partial charge in [0.05, 0.1) is 0 Å². The Kier molecular flexibility index (Phi) is 20.9. The van der Waals surface area contributed by atoms with Crippen LogP contribution in [0.5, 0.6) is 0 Å². The second-order valence-electron chi connectivity index (χ2n) is 38.1. The molecule has 0 saturated carbocycles. The highest BCUT2D eigenvalue weighted by Crippen LogP contribution is 2.52. The van der Waals surface area contributed by atoms with Crippen LogP contribution >= 0.6 is 0 Å². The third-order valence-electron chi connectivity index (χ3n) is 29.7. The highest BCUT2D eigenvalue weighted by atomic mass is 16.3. The molecule has 0 N–H and O–H groups in total. The molecule has 0 radical (unpaired) electrons. The van der Waals surface area contributed by atoms with E-state index in [1.807, 2.05) is 67.1 Å². The predicted molar refractivity (Wildman–Crippen MR) is 617 cm³/mol. The second-order valence-corrected chi connectivity index (χ2v) is 38.1. The van der Waals surface area contributed by atoms with Gasteiger partial charge in [0.25, 0.3) is 0 Å². The highest BCUT2D eigenvalue weighted by molar-refractivity contribution is 6.27. The van der Waals surface area contributed by atoms with Gasteiger partial charge in [0.1, 0.15) is 33.8 Å². The average molecular weight is 1870 g/mol. The van der Waals surface area contributed by atoms with Gasteiger partial charge in [-0.25, -0.2) is 0 Å². The fourth-order valence-corrected chi connectivity index (χ4v) is 22.8. The van der Waals surface area contributed by atoms with Crippen LogP contribution in [-0.2, 0) is 0 Å². The minimum Gasteiger partial charge on any atom is -0.454 e. The van der Waals surface area contributed by atoms with Crippen LogP contribution in [0.2, 0.25) is 0 Å². The summed E-state index contributed by atoms with van der Waals surface area (Å²) in [7, 11) is 0. The van der Waals surface area contributed by atoms with E-state index in [0.29, 0.717) is 0 Å². The number of fused-ring (bicyclic) bond motifs is 18. The van der Waals surface area contributed by atoms with Crippen molar-refractivity contribution in [1.82, 2.24) is 15.0 Å². The number of rotatable bonds is 12. The summed E-state index contributed by atoms with van der Waals surface area (Å²) in [6.45, 7) is 0. The maximum atomic E-state index is 6.47. The zero-order valence-electron chi connectivity index (χ0n) is 79.8. The number of hydrogen-bond donors (Lipinski definition) is 0. The lowest BCUT2D eigenvalue weighted by Crippen LogP contribution is -1.93. The lowest BCUT2D eigenvalue weighted by Gasteiger charge is -2.19. The number of nitrogens with zero attached hydrogens (tertiary/aromatic N) is 3. The molecule has 0 amide bonds. The van der Waals surface area contributed by atoms with Crippen LogP contribution in [-0.4, -0.2) is 15.0 Å². The number of pyridine rings is 3. The van der Waals surface area contributed by atoms with Gasteiger partial charge in [-0.2, -0.15) is 0 Å². The molecule has 6 heterocycles. The van der Waals surface area contributed by atoms with E-state index in [1.165, 1.54) is 192 Å².